The summed E-state index contributed by atoms with van der Waals surface area (Å²) in [6, 6.07) is 16.6. The first-order valence-corrected chi connectivity index (χ1v) is 14.9. The van der Waals surface area contributed by atoms with Crippen molar-refractivity contribution in [3.05, 3.63) is 83.4 Å². The Bertz CT molecular complexity index is 1130. The van der Waals surface area contributed by atoms with E-state index < -0.39 is 24.3 Å². The van der Waals surface area contributed by atoms with E-state index in [1.807, 2.05) is 30.3 Å². The van der Waals surface area contributed by atoms with Gasteiger partial charge in [-0.25, -0.2) is 0 Å². The molecule has 2 N–H and O–H groups in total. The number of esters is 1. The molecule has 40 heavy (non-hydrogen) atoms. The first kappa shape index (κ1) is 31.7. The van der Waals surface area contributed by atoms with Crippen LogP contribution in [0.4, 0.5) is 0 Å². The lowest BCUT2D eigenvalue weighted by Crippen LogP contribution is -2.24. The molecule has 0 aromatic heterocycles. The maximum atomic E-state index is 12.5. The summed E-state index contributed by atoms with van der Waals surface area (Å²) in [5.74, 6) is 0.262. The number of benzene rings is 2. The van der Waals surface area contributed by atoms with Gasteiger partial charge in [-0.05, 0) is 42.4 Å². The van der Waals surface area contributed by atoms with E-state index in [4.69, 9.17) is 9.47 Å². The summed E-state index contributed by atoms with van der Waals surface area (Å²) in [5, 5.41) is 21.0. The maximum absolute atomic E-state index is 12.5. The van der Waals surface area contributed by atoms with Crippen molar-refractivity contribution in [2.24, 2.45) is 11.8 Å². The molecule has 0 amide bonds. The number of carbonyl (C=O) groups is 3. The number of ether oxygens (including phenoxy) is 2. The number of ketones is 2. The van der Waals surface area contributed by atoms with Crippen LogP contribution >= 0.6 is 11.8 Å². The Labute approximate surface area is 241 Å². The lowest BCUT2D eigenvalue weighted by Gasteiger charge is -2.18. The predicted octanol–water partition coefficient (Wildman–Crippen LogP) is 4.58. The molecule has 0 heterocycles. The van der Waals surface area contributed by atoms with Gasteiger partial charge in [0, 0.05) is 43.8 Å². The largest absolute Gasteiger partial charge is 0.454 e. The van der Waals surface area contributed by atoms with Crippen LogP contribution in [0.5, 0.6) is 0 Å². The van der Waals surface area contributed by atoms with Gasteiger partial charge in [0.2, 0.25) is 5.78 Å². The van der Waals surface area contributed by atoms with E-state index in [9.17, 15) is 24.6 Å². The molecule has 2 aromatic rings. The van der Waals surface area contributed by atoms with Crippen molar-refractivity contribution in [3.63, 3.8) is 0 Å². The van der Waals surface area contributed by atoms with Crippen molar-refractivity contribution in [2.75, 3.05) is 18.6 Å². The van der Waals surface area contributed by atoms with Crippen LogP contribution in [-0.4, -0.2) is 64.7 Å². The SMILES string of the molecule is COCc1cccc(CC(O)C=CC2C(O)CC(=O)C2CCSCCCC(=O)OC(C)C(=O)c2ccccc2)c1. The van der Waals surface area contributed by atoms with Gasteiger partial charge in [0.05, 0.1) is 18.8 Å². The molecule has 0 radical (unpaired) electrons. The fraction of sp³-hybridized carbons (Fsp3) is 0.469. The van der Waals surface area contributed by atoms with Gasteiger partial charge in [-0.3, -0.25) is 14.4 Å². The van der Waals surface area contributed by atoms with Crippen LogP contribution in [0.25, 0.3) is 0 Å². The molecule has 5 unspecified atom stereocenters. The number of hydrogen-bond donors (Lipinski definition) is 2. The second kappa shape index (κ2) is 16.5. The molecule has 3 rings (SSSR count). The second-order valence-corrected chi connectivity index (χ2v) is 11.4. The summed E-state index contributed by atoms with van der Waals surface area (Å²) in [6.07, 6.45) is 3.21. The molecule has 0 saturated heterocycles. The summed E-state index contributed by atoms with van der Waals surface area (Å²) < 4.78 is 10.5. The Morgan fingerprint density at radius 2 is 1.85 bits per heavy atom. The van der Waals surface area contributed by atoms with Crippen molar-refractivity contribution < 1.29 is 34.1 Å². The third kappa shape index (κ3) is 10.0. The van der Waals surface area contributed by atoms with Crippen molar-refractivity contribution >= 4 is 29.3 Å². The molecule has 8 heteroatoms. The molecule has 2 aromatic carbocycles. The molecule has 0 spiro atoms. The first-order valence-electron chi connectivity index (χ1n) is 13.8. The van der Waals surface area contributed by atoms with Crippen LogP contribution in [0.3, 0.4) is 0 Å². The molecule has 7 nitrogen and oxygen atoms in total. The quantitative estimate of drug-likeness (QED) is 0.131. The van der Waals surface area contributed by atoms with Crippen molar-refractivity contribution in [1.82, 2.24) is 0 Å². The Kier molecular flexibility index (Phi) is 13.1. The highest BCUT2D eigenvalue weighted by atomic mass is 32.2. The minimum absolute atomic E-state index is 0.0464. The highest BCUT2D eigenvalue weighted by Crippen LogP contribution is 2.34. The number of methoxy groups -OCH3 is 1. The summed E-state index contributed by atoms with van der Waals surface area (Å²) >= 11 is 1.65. The van der Waals surface area contributed by atoms with E-state index >= 15 is 0 Å². The van der Waals surface area contributed by atoms with E-state index in [0.29, 0.717) is 31.4 Å². The van der Waals surface area contributed by atoms with Crippen LogP contribution in [0.15, 0.2) is 66.7 Å². The summed E-state index contributed by atoms with van der Waals surface area (Å²) in [7, 11) is 1.64. The van der Waals surface area contributed by atoms with Crippen molar-refractivity contribution in [1.29, 1.82) is 0 Å². The van der Waals surface area contributed by atoms with Gasteiger partial charge in [0.15, 0.2) is 6.10 Å². The molecular formula is C32H40O7S. The molecule has 1 saturated carbocycles. The van der Waals surface area contributed by atoms with Gasteiger partial charge in [-0.15, -0.1) is 0 Å². The first-order chi connectivity index (χ1) is 19.3. The van der Waals surface area contributed by atoms with Crippen LogP contribution in [0.1, 0.15) is 54.1 Å². The Morgan fingerprint density at radius 1 is 1.10 bits per heavy atom. The minimum atomic E-state index is -0.827. The summed E-state index contributed by atoms with van der Waals surface area (Å²) in [4.78, 5) is 37.0. The molecule has 1 fully saturated rings. The lowest BCUT2D eigenvalue weighted by molar-refractivity contribution is -0.146. The van der Waals surface area contributed by atoms with Crippen LogP contribution in [0, 0.1) is 11.8 Å². The molecule has 1 aliphatic carbocycles. The van der Waals surface area contributed by atoms with Crippen LogP contribution in [-0.2, 0) is 32.1 Å². The summed E-state index contributed by atoms with van der Waals surface area (Å²) in [5.41, 5.74) is 2.54. The zero-order chi connectivity index (χ0) is 28.9. The summed E-state index contributed by atoms with van der Waals surface area (Å²) in [6.45, 7) is 2.09. The fourth-order valence-corrected chi connectivity index (χ4v) is 5.92. The monoisotopic (exact) mass is 568 g/mol. The van der Waals surface area contributed by atoms with E-state index in [0.717, 1.165) is 22.6 Å². The molecule has 0 aliphatic heterocycles. The highest BCUT2D eigenvalue weighted by Gasteiger charge is 2.39. The molecule has 216 valence electrons. The number of thioether (sulfide) groups is 1. The normalized spacial score (nSPS) is 20.5. The van der Waals surface area contributed by atoms with Crippen LogP contribution in [0.2, 0.25) is 0 Å². The smallest absolute Gasteiger partial charge is 0.306 e. The Balaban J connectivity index is 1.37. The van der Waals surface area contributed by atoms with Gasteiger partial charge < -0.3 is 19.7 Å². The Morgan fingerprint density at radius 3 is 2.60 bits per heavy atom. The van der Waals surface area contributed by atoms with E-state index in [1.165, 1.54) is 0 Å². The lowest BCUT2D eigenvalue weighted by atomic mass is 9.91. The number of Topliss-reactive ketones (excluding diaryl/α,β-unsaturated/α-hetero) is 2. The van der Waals surface area contributed by atoms with Crippen molar-refractivity contribution in [2.45, 2.75) is 63.9 Å². The molecule has 0 bridgehead atoms. The third-order valence-corrected chi connectivity index (χ3v) is 8.12. The van der Waals surface area contributed by atoms with Crippen molar-refractivity contribution in [3.8, 4) is 0 Å². The standard InChI is InChI=1S/C32H40O7S/c1-22(32(37)25-10-4-3-5-11-25)39-31(36)12-7-16-40-17-15-28-27(29(34)20-30(28)35)14-13-26(33)19-23-8-6-9-24(18-23)21-38-2/h3-6,8-11,13-14,18,22,26-29,33-34H,7,12,15-17,19-21H2,1-2H3. The number of hydrogen-bond acceptors (Lipinski definition) is 8. The number of rotatable bonds is 16. The number of aliphatic hydroxyl groups excluding tert-OH is 2. The topological polar surface area (TPSA) is 110 Å². The van der Waals surface area contributed by atoms with Crippen LogP contribution < -0.4 is 0 Å². The number of aliphatic hydroxyl groups is 2. The van der Waals surface area contributed by atoms with E-state index in [-0.39, 0.29) is 36.2 Å². The van der Waals surface area contributed by atoms with E-state index in [2.05, 4.69) is 0 Å². The maximum Gasteiger partial charge on any atom is 0.306 e. The third-order valence-electron chi connectivity index (χ3n) is 7.01. The van der Waals surface area contributed by atoms with Gasteiger partial charge in [0.1, 0.15) is 5.78 Å². The minimum Gasteiger partial charge on any atom is -0.454 e. The molecule has 1 aliphatic rings. The van der Waals surface area contributed by atoms with E-state index in [1.54, 1.807) is 62.2 Å². The fourth-order valence-electron chi connectivity index (χ4n) is 4.95. The second-order valence-electron chi connectivity index (χ2n) is 10.2. The predicted molar refractivity (Wildman–Crippen MR) is 156 cm³/mol. The van der Waals surface area contributed by atoms with Gasteiger partial charge in [-0.2, -0.15) is 11.8 Å². The highest BCUT2D eigenvalue weighted by molar-refractivity contribution is 7.99. The van der Waals surface area contributed by atoms with Gasteiger partial charge in [0.25, 0.3) is 0 Å². The average Bonchev–Trinajstić information content (AvgIpc) is 3.21. The van der Waals surface area contributed by atoms with Gasteiger partial charge in [-0.1, -0.05) is 66.7 Å². The molecule has 5 atom stereocenters. The zero-order valence-electron chi connectivity index (χ0n) is 23.2. The Hall–Kier alpha value is -2.78. The zero-order valence-corrected chi connectivity index (χ0v) is 24.1. The number of carbonyl (C=O) groups excluding carboxylic acids is 3. The van der Waals surface area contributed by atoms with Gasteiger partial charge >= 0.3 is 5.97 Å². The average molecular weight is 569 g/mol. The molecular weight excluding hydrogens is 528 g/mol.